The number of nitrogens with zero attached hydrogens (tertiary/aromatic N) is 1. The zero-order valence-corrected chi connectivity index (χ0v) is 4.50. The lowest BCUT2D eigenvalue weighted by molar-refractivity contribution is -0.108. The van der Waals surface area contributed by atoms with Crippen molar-refractivity contribution >= 4 is 12.1 Å². The molecule has 0 amide bonds. The molecular formula is C5H8N2O. The zero-order chi connectivity index (χ0) is 5.98. The first-order valence-electron chi connectivity index (χ1n) is 2.60. The van der Waals surface area contributed by atoms with Gasteiger partial charge < -0.3 is 10.5 Å². The molecular weight excluding hydrogens is 104 g/mol. The van der Waals surface area contributed by atoms with Gasteiger partial charge in [0.05, 0.1) is 5.84 Å². The number of aldehydes is 1. The highest BCUT2D eigenvalue weighted by molar-refractivity contribution is 5.84. The molecule has 0 aliphatic carbocycles. The van der Waals surface area contributed by atoms with Gasteiger partial charge in [0.1, 0.15) is 12.3 Å². The summed E-state index contributed by atoms with van der Waals surface area (Å²) < 4.78 is 0. The number of hydrogen-bond acceptors (Lipinski definition) is 3. The molecule has 0 saturated heterocycles. The van der Waals surface area contributed by atoms with Crippen molar-refractivity contribution in [3.63, 3.8) is 0 Å². The van der Waals surface area contributed by atoms with Crippen molar-refractivity contribution < 1.29 is 4.79 Å². The highest BCUT2D eigenvalue weighted by Gasteiger charge is 2.12. The summed E-state index contributed by atoms with van der Waals surface area (Å²) in [6.45, 7) is 0. The summed E-state index contributed by atoms with van der Waals surface area (Å²) in [5.74, 6) is 0.613. The molecule has 1 aliphatic heterocycles. The number of nitrogens with two attached hydrogens (primary N) is 1. The minimum absolute atomic E-state index is 0.144. The molecule has 0 radical (unpaired) electrons. The van der Waals surface area contributed by atoms with Gasteiger partial charge in [0.2, 0.25) is 0 Å². The lowest BCUT2D eigenvalue weighted by atomic mass is 10.2. The molecule has 1 heterocycles. The van der Waals surface area contributed by atoms with Crippen molar-refractivity contribution in [3.8, 4) is 0 Å². The standard InChI is InChI=1S/C5H8N2O/c6-5-2-1-4(3-8)7-5/h3-4H,1-2H2,(H2,6,7). The van der Waals surface area contributed by atoms with Gasteiger partial charge in [-0.05, 0) is 6.42 Å². The summed E-state index contributed by atoms with van der Waals surface area (Å²) in [7, 11) is 0. The molecule has 1 atom stereocenters. The van der Waals surface area contributed by atoms with E-state index in [-0.39, 0.29) is 6.04 Å². The van der Waals surface area contributed by atoms with Crippen molar-refractivity contribution in [1.82, 2.24) is 0 Å². The van der Waals surface area contributed by atoms with Crippen molar-refractivity contribution in [2.24, 2.45) is 10.7 Å². The quantitative estimate of drug-likeness (QED) is 0.474. The third kappa shape index (κ3) is 0.857. The minimum atomic E-state index is -0.144. The molecule has 2 N–H and O–H groups in total. The van der Waals surface area contributed by atoms with Crippen LogP contribution in [0.15, 0.2) is 4.99 Å². The maximum Gasteiger partial charge on any atom is 0.144 e. The summed E-state index contributed by atoms with van der Waals surface area (Å²) in [5.41, 5.74) is 5.29. The maximum atomic E-state index is 9.99. The van der Waals surface area contributed by atoms with Gasteiger partial charge in [0, 0.05) is 6.42 Å². The second kappa shape index (κ2) is 1.94. The number of rotatable bonds is 1. The first-order valence-corrected chi connectivity index (χ1v) is 2.60. The lowest BCUT2D eigenvalue weighted by Crippen LogP contribution is -2.06. The van der Waals surface area contributed by atoms with E-state index < -0.39 is 0 Å². The van der Waals surface area contributed by atoms with Gasteiger partial charge in [-0.1, -0.05) is 0 Å². The van der Waals surface area contributed by atoms with Crippen LogP contribution in [-0.2, 0) is 4.79 Å². The number of carbonyl (C=O) groups excluding carboxylic acids is 1. The normalized spacial score (nSPS) is 27.5. The van der Waals surface area contributed by atoms with E-state index in [1.54, 1.807) is 0 Å². The Bertz CT molecular complexity index is 130. The summed E-state index contributed by atoms with van der Waals surface area (Å²) >= 11 is 0. The number of aliphatic imine (C=N–C) groups is 1. The van der Waals surface area contributed by atoms with Crippen molar-refractivity contribution in [1.29, 1.82) is 0 Å². The predicted molar refractivity (Wildman–Crippen MR) is 30.7 cm³/mol. The molecule has 1 rings (SSSR count). The van der Waals surface area contributed by atoms with Crippen LogP contribution in [0.5, 0.6) is 0 Å². The molecule has 8 heavy (non-hydrogen) atoms. The van der Waals surface area contributed by atoms with Crippen LogP contribution in [0.3, 0.4) is 0 Å². The van der Waals surface area contributed by atoms with E-state index in [2.05, 4.69) is 4.99 Å². The third-order valence-electron chi connectivity index (χ3n) is 1.18. The molecule has 44 valence electrons. The number of amidine groups is 1. The molecule has 3 heteroatoms. The minimum Gasteiger partial charge on any atom is -0.387 e. The summed E-state index contributed by atoms with van der Waals surface area (Å²) in [6.07, 6.45) is 2.42. The Morgan fingerprint density at radius 3 is 2.88 bits per heavy atom. The Balaban J connectivity index is 2.53. The molecule has 3 nitrogen and oxygen atoms in total. The van der Waals surface area contributed by atoms with Crippen LogP contribution >= 0.6 is 0 Å². The first-order chi connectivity index (χ1) is 3.83. The second-order valence-electron chi connectivity index (χ2n) is 1.86. The topological polar surface area (TPSA) is 55.4 Å². The number of hydrogen-bond donors (Lipinski definition) is 1. The average Bonchev–Trinajstić information content (AvgIpc) is 2.14. The van der Waals surface area contributed by atoms with E-state index in [0.717, 1.165) is 19.1 Å². The van der Waals surface area contributed by atoms with E-state index >= 15 is 0 Å². The largest absolute Gasteiger partial charge is 0.387 e. The van der Waals surface area contributed by atoms with E-state index in [0.29, 0.717) is 5.84 Å². The summed E-state index contributed by atoms with van der Waals surface area (Å²) in [6, 6.07) is -0.144. The van der Waals surface area contributed by atoms with Gasteiger partial charge in [-0.2, -0.15) is 0 Å². The van der Waals surface area contributed by atoms with Crippen LogP contribution in [0.25, 0.3) is 0 Å². The van der Waals surface area contributed by atoms with E-state index in [1.165, 1.54) is 0 Å². The van der Waals surface area contributed by atoms with E-state index in [4.69, 9.17) is 5.73 Å². The maximum absolute atomic E-state index is 9.99. The van der Waals surface area contributed by atoms with Gasteiger partial charge in [-0.3, -0.25) is 4.99 Å². The van der Waals surface area contributed by atoms with Gasteiger partial charge in [0.25, 0.3) is 0 Å². The fourth-order valence-corrected chi connectivity index (χ4v) is 0.736. The van der Waals surface area contributed by atoms with Crippen LogP contribution in [0.1, 0.15) is 12.8 Å². The highest BCUT2D eigenvalue weighted by atomic mass is 16.1. The zero-order valence-electron chi connectivity index (χ0n) is 4.50. The van der Waals surface area contributed by atoms with Crippen molar-refractivity contribution in [2.45, 2.75) is 18.9 Å². The lowest BCUT2D eigenvalue weighted by Gasteiger charge is -1.87. The van der Waals surface area contributed by atoms with Gasteiger partial charge in [-0.25, -0.2) is 0 Å². The van der Waals surface area contributed by atoms with E-state index in [1.807, 2.05) is 0 Å². The molecule has 0 aromatic rings. The Morgan fingerprint density at radius 1 is 1.88 bits per heavy atom. The van der Waals surface area contributed by atoms with Gasteiger partial charge >= 0.3 is 0 Å². The molecule has 1 aliphatic rings. The fourth-order valence-electron chi connectivity index (χ4n) is 0.736. The predicted octanol–water partition coefficient (Wildman–Crippen LogP) is -0.295. The molecule has 1 unspecified atom stereocenters. The van der Waals surface area contributed by atoms with Crippen LogP contribution < -0.4 is 5.73 Å². The Kier molecular flexibility index (Phi) is 1.28. The Labute approximate surface area is 47.6 Å². The van der Waals surface area contributed by atoms with Crippen molar-refractivity contribution in [2.75, 3.05) is 0 Å². The molecule has 0 fully saturated rings. The van der Waals surface area contributed by atoms with Crippen LogP contribution in [0.4, 0.5) is 0 Å². The van der Waals surface area contributed by atoms with Crippen molar-refractivity contribution in [3.05, 3.63) is 0 Å². The molecule has 0 bridgehead atoms. The van der Waals surface area contributed by atoms with Gasteiger partial charge in [-0.15, -0.1) is 0 Å². The van der Waals surface area contributed by atoms with E-state index in [9.17, 15) is 4.79 Å². The van der Waals surface area contributed by atoms with Crippen LogP contribution in [0, 0.1) is 0 Å². The second-order valence-corrected chi connectivity index (χ2v) is 1.86. The van der Waals surface area contributed by atoms with Crippen LogP contribution in [0.2, 0.25) is 0 Å². The number of carbonyl (C=O) groups is 1. The Hall–Kier alpha value is -0.860. The SMILES string of the molecule is NC1=NC(C=O)CC1. The average molecular weight is 112 g/mol. The molecule has 0 aromatic heterocycles. The molecule has 0 spiro atoms. The van der Waals surface area contributed by atoms with Gasteiger partial charge in [0.15, 0.2) is 0 Å². The highest BCUT2D eigenvalue weighted by Crippen LogP contribution is 2.06. The summed E-state index contributed by atoms with van der Waals surface area (Å²) in [5, 5.41) is 0. The molecule has 0 aromatic carbocycles. The molecule has 0 saturated carbocycles. The summed E-state index contributed by atoms with van der Waals surface area (Å²) in [4.78, 5) is 13.8. The van der Waals surface area contributed by atoms with Crippen LogP contribution in [-0.4, -0.2) is 18.2 Å². The monoisotopic (exact) mass is 112 g/mol. The smallest absolute Gasteiger partial charge is 0.144 e. The first kappa shape index (κ1) is 5.28. The Morgan fingerprint density at radius 2 is 2.62 bits per heavy atom. The third-order valence-corrected chi connectivity index (χ3v) is 1.18. The fraction of sp³-hybridized carbons (Fsp3) is 0.600.